The Morgan fingerprint density at radius 3 is 2.84 bits per heavy atom. The topological polar surface area (TPSA) is 62.2 Å². The van der Waals surface area contributed by atoms with Crippen molar-refractivity contribution in [3.8, 4) is 0 Å². The Bertz CT molecular complexity index is 525. The van der Waals surface area contributed by atoms with Crippen LogP contribution in [0, 0.1) is 0 Å². The number of hydrogen-bond acceptors (Lipinski definition) is 4. The Labute approximate surface area is 116 Å². The highest BCUT2D eigenvalue weighted by molar-refractivity contribution is 7.09. The van der Waals surface area contributed by atoms with E-state index in [9.17, 15) is 4.79 Å². The summed E-state index contributed by atoms with van der Waals surface area (Å²) >= 11 is 1.49. The van der Waals surface area contributed by atoms with Crippen molar-refractivity contribution in [1.29, 1.82) is 0 Å². The van der Waals surface area contributed by atoms with E-state index in [1.807, 2.05) is 30.3 Å². The highest BCUT2D eigenvalue weighted by Crippen LogP contribution is 2.14. The molecule has 0 aliphatic carbocycles. The lowest BCUT2D eigenvalue weighted by Crippen LogP contribution is -2.25. The summed E-state index contributed by atoms with van der Waals surface area (Å²) < 4.78 is 0. The molecule has 0 fully saturated rings. The second kappa shape index (κ2) is 7.01. The van der Waals surface area contributed by atoms with Gasteiger partial charge in [-0.25, -0.2) is 4.98 Å². The number of carbonyl (C=O) groups excluding carboxylic acids is 1. The molecule has 2 N–H and O–H groups in total. The van der Waals surface area contributed by atoms with Crippen molar-refractivity contribution in [2.45, 2.75) is 12.8 Å². The number of aliphatic hydroxyl groups excluding tert-OH is 1. The molecule has 2 rings (SSSR count). The lowest BCUT2D eigenvalue weighted by atomic mass is 10.2. The number of nitrogens with one attached hydrogen (secondary N) is 1. The van der Waals surface area contributed by atoms with Crippen molar-refractivity contribution in [1.82, 2.24) is 10.3 Å². The molecule has 4 nitrogen and oxygen atoms in total. The largest absolute Gasteiger partial charge is 0.396 e. The molecular formula is C14H16N2O2S. The molecular weight excluding hydrogens is 260 g/mol. The minimum Gasteiger partial charge on any atom is -0.396 e. The van der Waals surface area contributed by atoms with E-state index in [1.165, 1.54) is 16.9 Å². The van der Waals surface area contributed by atoms with Crippen molar-refractivity contribution >= 4 is 17.2 Å². The van der Waals surface area contributed by atoms with Crippen molar-refractivity contribution in [3.05, 3.63) is 52.0 Å². The minimum atomic E-state index is -0.177. The lowest BCUT2D eigenvalue weighted by Gasteiger charge is -2.00. The molecule has 0 saturated carbocycles. The van der Waals surface area contributed by atoms with E-state index in [0.29, 0.717) is 18.7 Å². The van der Waals surface area contributed by atoms with Gasteiger partial charge in [0.1, 0.15) is 5.69 Å². The zero-order valence-corrected chi connectivity index (χ0v) is 11.3. The number of hydrogen-bond donors (Lipinski definition) is 2. The Kier molecular flexibility index (Phi) is 5.06. The summed E-state index contributed by atoms with van der Waals surface area (Å²) in [7, 11) is 0. The van der Waals surface area contributed by atoms with Gasteiger partial charge in [0, 0.05) is 25.0 Å². The van der Waals surface area contributed by atoms with Crippen LogP contribution in [0.25, 0.3) is 0 Å². The number of carbonyl (C=O) groups is 1. The van der Waals surface area contributed by atoms with Crippen LogP contribution in [0.5, 0.6) is 0 Å². The molecule has 0 saturated heterocycles. The molecule has 19 heavy (non-hydrogen) atoms. The van der Waals surface area contributed by atoms with Gasteiger partial charge in [-0.15, -0.1) is 11.3 Å². The minimum absolute atomic E-state index is 0.0800. The summed E-state index contributed by atoms with van der Waals surface area (Å²) in [6, 6.07) is 10.0. The SMILES string of the molecule is O=C(NCCCO)c1csc(Cc2ccccc2)n1. The monoisotopic (exact) mass is 276 g/mol. The number of thiazole rings is 1. The summed E-state index contributed by atoms with van der Waals surface area (Å²) in [6.45, 7) is 0.553. The van der Waals surface area contributed by atoms with Crippen LogP contribution in [-0.4, -0.2) is 29.1 Å². The molecule has 0 unspecified atom stereocenters. The smallest absolute Gasteiger partial charge is 0.270 e. The lowest BCUT2D eigenvalue weighted by molar-refractivity contribution is 0.0946. The second-order valence-electron chi connectivity index (χ2n) is 4.12. The first kappa shape index (κ1) is 13.7. The first-order chi connectivity index (χ1) is 9.29. The molecule has 0 spiro atoms. The van der Waals surface area contributed by atoms with Crippen molar-refractivity contribution in [3.63, 3.8) is 0 Å². The molecule has 2 aromatic rings. The van der Waals surface area contributed by atoms with Gasteiger partial charge >= 0.3 is 0 Å². The predicted octanol–water partition coefficient (Wildman–Crippen LogP) is 1.85. The zero-order chi connectivity index (χ0) is 13.5. The fraction of sp³-hybridized carbons (Fsp3) is 0.286. The standard InChI is InChI=1S/C14H16N2O2S/c17-8-4-7-15-14(18)12-10-19-13(16-12)9-11-5-2-1-3-6-11/h1-3,5-6,10,17H,4,7-9H2,(H,15,18). The average Bonchev–Trinajstić information content (AvgIpc) is 2.89. The number of nitrogens with zero attached hydrogens (tertiary/aromatic N) is 1. The maximum atomic E-state index is 11.7. The molecule has 1 amide bonds. The zero-order valence-electron chi connectivity index (χ0n) is 10.5. The Morgan fingerprint density at radius 1 is 1.32 bits per heavy atom. The van der Waals surface area contributed by atoms with Crippen LogP contribution in [0.4, 0.5) is 0 Å². The highest BCUT2D eigenvalue weighted by Gasteiger charge is 2.10. The maximum Gasteiger partial charge on any atom is 0.270 e. The van der Waals surface area contributed by atoms with Crippen LogP contribution < -0.4 is 5.32 Å². The van der Waals surface area contributed by atoms with Gasteiger partial charge in [-0.3, -0.25) is 4.79 Å². The van der Waals surface area contributed by atoms with E-state index in [2.05, 4.69) is 10.3 Å². The molecule has 100 valence electrons. The normalized spacial score (nSPS) is 10.4. The molecule has 5 heteroatoms. The Hall–Kier alpha value is -1.72. The van der Waals surface area contributed by atoms with Gasteiger partial charge in [0.2, 0.25) is 0 Å². The van der Waals surface area contributed by atoms with Gasteiger partial charge in [-0.05, 0) is 12.0 Å². The summed E-state index contributed by atoms with van der Waals surface area (Å²) in [5.74, 6) is -0.177. The third kappa shape index (κ3) is 4.15. The van der Waals surface area contributed by atoms with Gasteiger partial charge < -0.3 is 10.4 Å². The van der Waals surface area contributed by atoms with E-state index in [-0.39, 0.29) is 12.5 Å². The first-order valence-electron chi connectivity index (χ1n) is 6.17. The van der Waals surface area contributed by atoms with Crippen molar-refractivity contribution in [2.75, 3.05) is 13.2 Å². The number of rotatable bonds is 6. The first-order valence-corrected chi connectivity index (χ1v) is 7.05. The van der Waals surface area contributed by atoms with Crippen LogP contribution in [-0.2, 0) is 6.42 Å². The van der Waals surface area contributed by atoms with E-state index in [1.54, 1.807) is 5.38 Å². The molecule has 0 aliphatic rings. The molecule has 1 aromatic carbocycles. The highest BCUT2D eigenvalue weighted by atomic mass is 32.1. The fourth-order valence-corrected chi connectivity index (χ4v) is 2.45. The van der Waals surface area contributed by atoms with E-state index in [4.69, 9.17) is 5.11 Å². The van der Waals surface area contributed by atoms with E-state index < -0.39 is 0 Å². The summed E-state index contributed by atoms with van der Waals surface area (Å²) in [5, 5.41) is 14.1. The molecule has 1 aromatic heterocycles. The third-order valence-electron chi connectivity index (χ3n) is 2.60. The van der Waals surface area contributed by atoms with Crippen LogP contribution in [0.1, 0.15) is 27.5 Å². The molecule has 0 bridgehead atoms. The number of aromatic nitrogens is 1. The number of benzene rings is 1. The average molecular weight is 276 g/mol. The van der Waals surface area contributed by atoms with Gasteiger partial charge in [-0.2, -0.15) is 0 Å². The van der Waals surface area contributed by atoms with E-state index >= 15 is 0 Å². The number of amides is 1. The third-order valence-corrected chi connectivity index (χ3v) is 3.45. The Morgan fingerprint density at radius 2 is 2.11 bits per heavy atom. The predicted molar refractivity (Wildman–Crippen MR) is 75.4 cm³/mol. The summed E-state index contributed by atoms with van der Waals surface area (Å²) in [4.78, 5) is 16.1. The van der Waals surface area contributed by atoms with Gasteiger partial charge in [0.05, 0.1) is 5.01 Å². The van der Waals surface area contributed by atoms with Crippen molar-refractivity contribution in [2.24, 2.45) is 0 Å². The van der Waals surface area contributed by atoms with Crippen LogP contribution in [0.3, 0.4) is 0 Å². The van der Waals surface area contributed by atoms with Gasteiger partial charge in [-0.1, -0.05) is 30.3 Å². The second-order valence-corrected chi connectivity index (χ2v) is 5.06. The van der Waals surface area contributed by atoms with E-state index in [0.717, 1.165) is 11.4 Å². The van der Waals surface area contributed by atoms with Gasteiger partial charge in [0.15, 0.2) is 0 Å². The summed E-state index contributed by atoms with van der Waals surface area (Å²) in [6.07, 6.45) is 1.31. The van der Waals surface area contributed by atoms with Crippen LogP contribution in [0.2, 0.25) is 0 Å². The van der Waals surface area contributed by atoms with Crippen LogP contribution in [0.15, 0.2) is 35.7 Å². The van der Waals surface area contributed by atoms with Crippen LogP contribution >= 0.6 is 11.3 Å². The maximum absolute atomic E-state index is 11.7. The molecule has 1 heterocycles. The molecule has 0 aliphatic heterocycles. The Balaban J connectivity index is 1.93. The van der Waals surface area contributed by atoms with Gasteiger partial charge in [0.25, 0.3) is 5.91 Å². The molecule has 0 atom stereocenters. The van der Waals surface area contributed by atoms with Crippen molar-refractivity contribution < 1.29 is 9.90 Å². The quantitative estimate of drug-likeness (QED) is 0.791. The molecule has 0 radical (unpaired) electrons. The fourth-order valence-electron chi connectivity index (χ4n) is 1.64. The number of aliphatic hydroxyl groups is 1. The summed E-state index contributed by atoms with van der Waals surface area (Å²) in [5.41, 5.74) is 1.64.